The van der Waals surface area contributed by atoms with Crippen molar-refractivity contribution in [2.24, 2.45) is 0 Å². The quantitative estimate of drug-likeness (QED) is 0.824. The van der Waals surface area contributed by atoms with Crippen molar-refractivity contribution in [1.29, 1.82) is 0 Å². The summed E-state index contributed by atoms with van der Waals surface area (Å²) in [5, 5.41) is 0. The summed E-state index contributed by atoms with van der Waals surface area (Å²) in [6.07, 6.45) is 7.32. The second kappa shape index (κ2) is 7.39. The number of hydrogen-bond acceptors (Lipinski definition) is 3. The molecular formula is C16H25N3O. The fraction of sp³-hybridized carbons (Fsp3) is 0.625. The average molecular weight is 275 g/mol. The number of hydrogen-bond donors (Lipinski definition) is 0. The van der Waals surface area contributed by atoms with E-state index in [1.807, 2.05) is 37.3 Å². The van der Waals surface area contributed by atoms with E-state index in [2.05, 4.69) is 16.0 Å². The van der Waals surface area contributed by atoms with Crippen molar-refractivity contribution in [3.05, 3.63) is 30.1 Å². The Morgan fingerprint density at radius 2 is 2.25 bits per heavy atom. The predicted octanol–water partition coefficient (Wildman–Crippen LogP) is 1.96. The first-order chi connectivity index (χ1) is 9.66. The number of likely N-dealkylation sites (tertiary alicyclic amines) is 1. The maximum Gasteiger partial charge on any atom is 0.236 e. The Kier molecular flexibility index (Phi) is 5.53. The highest BCUT2D eigenvalue weighted by atomic mass is 16.2. The second-order valence-corrected chi connectivity index (χ2v) is 5.83. The zero-order chi connectivity index (χ0) is 14.4. The van der Waals surface area contributed by atoms with Crippen LogP contribution in [0.4, 0.5) is 0 Å². The van der Waals surface area contributed by atoms with Crippen LogP contribution in [-0.4, -0.2) is 53.9 Å². The van der Waals surface area contributed by atoms with Crippen LogP contribution in [0.3, 0.4) is 0 Å². The van der Waals surface area contributed by atoms with Crippen LogP contribution in [0.1, 0.15) is 31.4 Å². The minimum Gasteiger partial charge on any atom is -0.339 e. The van der Waals surface area contributed by atoms with Gasteiger partial charge in [0.1, 0.15) is 0 Å². The van der Waals surface area contributed by atoms with Crippen LogP contribution < -0.4 is 0 Å². The number of carbonyl (C=O) groups is 1. The van der Waals surface area contributed by atoms with Crippen LogP contribution in [-0.2, 0) is 11.2 Å². The van der Waals surface area contributed by atoms with E-state index in [9.17, 15) is 4.79 Å². The molecule has 110 valence electrons. The lowest BCUT2D eigenvalue weighted by Gasteiger charge is -2.36. The van der Waals surface area contributed by atoms with Crippen LogP contribution in [0.5, 0.6) is 0 Å². The maximum absolute atomic E-state index is 12.3. The number of pyridine rings is 1. The summed E-state index contributed by atoms with van der Waals surface area (Å²) in [7, 11) is 3.90. The molecule has 1 atom stereocenters. The van der Waals surface area contributed by atoms with Crippen molar-refractivity contribution >= 4 is 5.91 Å². The smallest absolute Gasteiger partial charge is 0.236 e. The van der Waals surface area contributed by atoms with Crippen LogP contribution in [0.25, 0.3) is 0 Å². The van der Waals surface area contributed by atoms with E-state index in [0.717, 1.165) is 37.9 Å². The van der Waals surface area contributed by atoms with E-state index in [-0.39, 0.29) is 5.91 Å². The monoisotopic (exact) mass is 275 g/mol. The number of nitrogens with zero attached hydrogens (tertiary/aromatic N) is 3. The van der Waals surface area contributed by atoms with E-state index in [1.165, 1.54) is 6.42 Å². The summed E-state index contributed by atoms with van der Waals surface area (Å²) in [6, 6.07) is 6.42. The largest absolute Gasteiger partial charge is 0.339 e. The van der Waals surface area contributed by atoms with Crippen molar-refractivity contribution in [1.82, 2.24) is 14.8 Å². The van der Waals surface area contributed by atoms with Crippen molar-refractivity contribution in [2.75, 3.05) is 27.2 Å². The number of piperidine rings is 1. The number of rotatable bonds is 5. The molecule has 1 aliphatic rings. The zero-order valence-corrected chi connectivity index (χ0v) is 12.6. The molecule has 0 unspecified atom stereocenters. The zero-order valence-electron chi connectivity index (χ0n) is 12.6. The van der Waals surface area contributed by atoms with Gasteiger partial charge in [-0.1, -0.05) is 6.07 Å². The third kappa shape index (κ3) is 4.30. The van der Waals surface area contributed by atoms with Gasteiger partial charge in [-0.05, 0) is 58.3 Å². The first kappa shape index (κ1) is 15.0. The first-order valence-electron chi connectivity index (χ1n) is 7.51. The van der Waals surface area contributed by atoms with Gasteiger partial charge in [0, 0.05) is 24.5 Å². The fourth-order valence-electron chi connectivity index (χ4n) is 2.85. The molecule has 0 radical (unpaired) electrons. The number of carbonyl (C=O) groups excluding carboxylic acids is 1. The van der Waals surface area contributed by atoms with Gasteiger partial charge in [-0.15, -0.1) is 0 Å². The lowest BCUT2D eigenvalue weighted by Crippen LogP contribution is -2.47. The fourth-order valence-corrected chi connectivity index (χ4v) is 2.85. The Hall–Kier alpha value is -1.42. The lowest BCUT2D eigenvalue weighted by molar-refractivity contribution is -0.135. The van der Waals surface area contributed by atoms with Crippen LogP contribution in [0, 0.1) is 0 Å². The Balaban J connectivity index is 1.91. The molecule has 1 aromatic rings. The highest BCUT2D eigenvalue weighted by Crippen LogP contribution is 2.21. The van der Waals surface area contributed by atoms with Gasteiger partial charge in [-0.25, -0.2) is 0 Å². The van der Waals surface area contributed by atoms with Crippen molar-refractivity contribution in [3.8, 4) is 0 Å². The molecule has 1 saturated heterocycles. The molecule has 0 aromatic carbocycles. The Morgan fingerprint density at radius 3 is 2.95 bits per heavy atom. The third-order valence-corrected chi connectivity index (χ3v) is 3.86. The molecule has 4 nitrogen and oxygen atoms in total. The summed E-state index contributed by atoms with van der Waals surface area (Å²) < 4.78 is 0. The average Bonchev–Trinajstić information content (AvgIpc) is 2.46. The SMILES string of the molecule is CN(C)CC(=O)N1CCCC[C@@H]1CCc1ccccn1. The molecule has 2 rings (SSSR count). The molecule has 0 aliphatic carbocycles. The number of aryl methyl sites for hydroxylation is 1. The molecule has 0 N–H and O–H groups in total. The van der Waals surface area contributed by atoms with Crippen molar-refractivity contribution < 1.29 is 4.79 Å². The van der Waals surface area contributed by atoms with Crippen LogP contribution in [0.15, 0.2) is 24.4 Å². The highest BCUT2D eigenvalue weighted by molar-refractivity contribution is 5.78. The van der Waals surface area contributed by atoms with E-state index in [4.69, 9.17) is 0 Å². The van der Waals surface area contributed by atoms with Gasteiger partial charge in [0.05, 0.1) is 6.54 Å². The van der Waals surface area contributed by atoms with Crippen LogP contribution >= 0.6 is 0 Å². The standard InChI is InChI=1S/C16H25N3O/c1-18(2)13-16(20)19-12-6-4-8-15(19)10-9-14-7-3-5-11-17-14/h3,5,7,11,15H,4,6,8-10,12-13H2,1-2H3/t15-/m1/s1. The molecule has 1 fully saturated rings. The Labute approximate surface area is 121 Å². The van der Waals surface area contributed by atoms with Gasteiger partial charge >= 0.3 is 0 Å². The van der Waals surface area contributed by atoms with Crippen molar-refractivity contribution in [3.63, 3.8) is 0 Å². The number of aromatic nitrogens is 1. The normalized spacial score (nSPS) is 19.4. The second-order valence-electron chi connectivity index (χ2n) is 5.83. The molecular weight excluding hydrogens is 250 g/mol. The molecule has 0 saturated carbocycles. The Bertz CT molecular complexity index is 419. The summed E-state index contributed by atoms with van der Waals surface area (Å²) >= 11 is 0. The summed E-state index contributed by atoms with van der Waals surface area (Å²) in [5.74, 6) is 0.265. The van der Waals surface area contributed by atoms with Crippen LogP contribution in [0.2, 0.25) is 0 Å². The minimum absolute atomic E-state index is 0.265. The van der Waals surface area contributed by atoms with Gasteiger partial charge in [-0.3, -0.25) is 9.78 Å². The van der Waals surface area contributed by atoms with Gasteiger partial charge in [0.25, 0.3) is 0 Å². The third-order valence-electron chi connectivity index (χ3n) is 3.86. The summed E-state index contributed by atoms with van der Waals surface area (Å²) in [5.41, 5.74) is 1.12. The van der Waals surface area contributed by atoms with E-state index >= 15 is 0 Å². The predicted molar refractivity (Wildman–Crippen MR) is 80.5 cm³/mol. The minimum atomic E-state index is 0.265. The molecule has 1 aromatic heterocycles. The van der Waals surface area contributed by atoms with Gasteiger partial charge in [0.15, 0.2) is 0 Å². The summed E-state index contributed by atoms with van der Waals surface area (Å²) in [6.45, 7) is 1.43. The van der Waals surface area contributed by atoms with Gasteiger partial charge < -0.3 is 9.80 Å². The first-order valence-corrected chi connectivity index (χ1v) is 7.51. The molecule has 4 heteroatoms. The number of likely N-dealkylation sites (N-methyl/N-ethyl adjacent to an activating group) is 1. The molecule has 1 aliphatic heterocycles. The van der Waals surface area contributed by atoms with E-state index in [1.54, 1.807) is 0 Å². The molecule has 1 amide bonds. The Morgan fingerprint density at radius 1 is 1.40 bits per heavy atom. The van der Waals surface area contributed by atoms with Crippen molar-refractivity contribution in [2.45, 2.75) is 38.1 Å². The van der Waals surface area contributed by atoms with Gasteiger partial charge in [-0.2, -0.15) is 0 Å². The highest BCUT2D eigenvalue weighted by Gasteiger charge is 2.26. The van der Waals surface area contributed by atoms with E-state index in [0.29, 0.717) is 12.6 Å². The van der Waals surface area contributed by atoms with Gasteiger partial charge in [0.2, 0.25) is 5.91 Å². The topological polar surface area (TPSA) is 36.4 Å². The molecule has 0 spiro atoms. The molecule has 0 bridgehead atoms. The number of amides is 1. The molecule has 20 heavy (non-hydrogen) atoms. The molecule has 2 heterocycles. The summed E-state index contributed by atoms with van der Waals surface area (Å²) in [4.78, 5) is 20.7. The van der Waals surface area contributed by atoms with E-state index < -0.39 is 0 Å². The lowest BCUT2D eigenvalue weighted by atomic mass is 9.97. The maximum atomic E-state index is 12.3.